The maximum atomic E-state index is 12.4. The van der Waals surface area contributed by atoms with Crippen molar-refractivity contribution >= 4 is 33.2 Å². The van der Waals surface area contributed by atoms with Gasteiger partial charge in [-0.2, -0.15) is 4.31 Å². The predicted molar refractivity (Wildman–Crippen MR) is 81.2 cm³/mol. The first-order chi connectivity index (χ1) is 10.1. The third-order valence-electron chi connectivity index (χ3n) is 2.62. The number of halogens is 1. The summed E-state index contributed by atoms with van der Waals surface area (Å²) in [6.07, 6.45) is 0. The highest BCUT2D eigenvalue weighted by Gasteiger charge is 2.31. The number of nitrogens with one attached hydrogen (secondary N) is 1. The van der Waals surface area contributed by atoms with E-state index in [1.54, 1.807) is 13.8 Å². The fraction of sp³-hybridized carbons (Fsp3) is 0.417. The van der Waals surface area contributed by atoms with Crippen LogP contribution in [-0.4, -0.2) is 43.2 Å². The van der Waals surface area contributed by atoms with E-state index in [1.807, 2.05) is 0 Å². The molecule has 1 aromatic carbocycles. The number of carbonyl (C=O) groups is 1. The molecule has 0 bridgehead atoms. The minimum Gasteiger partial charge on any atom is -0.353 e. The number of nitro benzene ring substituents is 1. The molecular weight excluding hydrogens is 334 g/mol. The zero-order valence-corrected chi connectivity index (χ0v) is 13.8. The summed E-state index contributed by atoms with van der Waals surface area (Å²) in [6.45, 7) is 3.01. The van der Waals surface area contributed by atoms with Crippen molar-refractivity contribution in [3.63, 3.8) is 0 Å². The first-order valence-electron chi connectivity index (χ1n) is 6.25. The molecule has 22 heavy (non-hydrogen) atoms. The second kappa shape index (κ2) is 7.03. The van der Waals surface area contributed by atoms with E-state index in [0.29, 0.717) is 0 Å². The molecule has 0 aromatic heterocycles. The molecule has 1 amide bonds. The molecule has 0 unspecified atom stereocenters. The van der Waals surface area contributed by atoms with E-state index >= 15 is 0 Å². The van der Waals surface area contributed by atoms with Crippen LogP contribution >= 0.6 is 11.6 Å². The van der Waals surface area contributed by atoms with Crippen molar-refractivity contribution in [2.75, 3.05) is 13.6 Å². The Bertz CT molecular complexity index is 690. The quantitative estimate of drug-likeness (QED) is 0.616. The molecule has 0 fully saturated rings. The number of hydrogen-bond acceptors (Lipinski definition) is 5. The fourth-order valence-corrected chi connectivity index (χ4v) is 3.21. The number of rotatable bonds is 6. The summed E-state index contributed by atoms with van der Waals surface area (Å²) in [5, 5.41) is 13.6. The highest BCUT2D eigenvalue weighted by molar-refractivity contribution is 7.89. The van der Waals surface area contributed by atoms with Crippen LogP contribution < -0.4 is 5.32 Å². The number of carbonyl (C=O) groups excluding carboxylic acids is 1. The molecular formula is C12H16ClN3O5S. The van der Waals surface area contributed by atoms with Crippen molar-refractivity contribution in [2.24, 2.45) is 0 Å². The summed E-state index contributed by atoms with van der Waals surface area (Å²) < 4.78 is 25.6. The van der Waals surface area contributed by atoms with Gasteiger partial charge in [0.25, 0.3) is 5.69 Å². The van der Waals surface area contributed by atoms with Crippen LogP contribution in [0.2, 0.25) is 5.02 Å². The van der Waals surface area contributed by atoms with Crippen LogP contribution in [0.5, 0.6) is 0 Å². The summed E-state index contributed by atoms with van der Waals surface area (Å²) in [7, 11) is -3.06. The van der Waals surface area contributed by atoms with Crippen molar-refractivity contribution in [3.8, 4) is 0 Å². The Hall–Kier alpha value is -1.71. The Balaban J connectivity index is 3.16. The number of nitro groups is 1. The molecule has 0 atom stereocenters. The Morgan fingerprint density at radius 3 is 2.55 bits per heavy atom. The van der Waals surface area contributed by atoms with E-state index in [1.165, 1.54) is 13.1 Å². The molecule has 122 valence electrons. The number of sulfonamides is 1. The van der Waals surface area contributed by atoms with Crippen molar-refractivity contribution in [3.05, 3.63) is 33.3 Å². The lowest BCUT2D eigenvalue weighted by Gasteiger charge is -2.18. The van der Waals surface area contributed by atoms with Gasteiger partial charge in [0, 0.05) is 24.2 Å². The van der Waals surface area contributed by atoms with Gasteiger partial charge in [-0.05, 0) is 26.0 Å². The normalized spacial score (nSPS) is 11.7. The van der Waals surface area contributed by atoms with Gasteiger partial charge in [0.1, 0.15) is 0 Å². The van der Waals surface area contributed by atoms with Gasteiger partial charge in [0.15, 0.2) is 4.90 Å². The minimum atomic E-state index is -4.22. The molecule has 0 aliphatic rings. The number of nitrogens with zero attached hydrogens (tertiary/aromatic N) is 2. The highest BCUT2D eigenvalue weighted by atomic mass is 35.5. The molecule has 10 heteroatoms. The largest absolute Gasteiger partial charge is 0.353 e. The van der Waals surface area contributed by atoms with E-state index < -0.39 is 38.0 Å². The van der Waals surface area contributed by atoms with Crippen molar-refractivity contribution in [1.82, 2.24) is 9.62 Å². The van der Waals surface area contributed by atoms with E-state index in [4.69, 9.17) is 11.6 Å². The van der Waals surface area contributed by atoms with Gasteiger partial charge in [0.2, 0.25) is 15.9 Å². The summed E-state index contributed by atoms with van der Waals surface area (Å²) in [6, 6.07) is 3.08. The number of hydrogen-bond donors (Lipinski definition) is 1. The van der Waals surface area contributed by atoms with Crippen LogP contribution in [0, 0.1) is 10.1 Å². The summed E-state index contributed by atoms with van der Waals surface area (Å²) >= 11 is 5.72. The topological polar surface area (TPSA) is 110 Å². The number of likely N-dealkylation sites (N-methyl/N-ethyl adjacent to an activating group) is 1. The smallest absolute Gasteiger partial charge is 0.289 e. The third-order valence-corrected chi connectivity index (χ3v) is 4.69. The van der Waals surface area contributed by atoms with Gasteiger partial charge in [-0.3, -0.25) is 14.9 Å². The van der Waals surface area contributed by atoms with E-state index in [9.17, 15) is 23.3 Å². The molecule has 0 spiro atoms. The minimum absolute atomic E-state index is 0.0456. The zero-order chi connectivity index (χ0) is 17.1. The van der Waals surface area contributed by atoms with Crippen LogP contribution in [0.1, 0.15) is 13.8 Å². The highest BCUT2D eigenvalue weighted by Crippen LogP contribution is 2.28. The van der Waals surface area contributed by atoms with E-state index in [2.05, 4.69) is 5.32 Å². The lowest BCUT2D eigenvalue weighted by molar-refractivity contribution is -0.387. The molecule has 0 saturated heterocycles. The van der Waals surface area contributed by atoms with E-state index in [0.717, 1.165) is 16.4 Å². The van der Waals surface area contributed by atoms with Gasteiger partial charge >= 0.3 is 0 Å². The van der Waals surface area contributed by atoms with Gasteiger partial charge < -0.3 is 5.32 Å². The summed E-state index contributed by atoms with van der Waals surface area (Å²) in [5.74, 6) is -0.509. The van der Waals surface area contributed by atoms with Crippen molar-refractivity contribution < 1.29 is 18.1 Å². The fourth-order valence-electron chi connectivity index (χ4n) is 1.67. The SMILES string of the molecule is CC(C)NC(=O)CN(C)S(=O)(=O)c1cc(Cl)ccc1[N+](=O)[O-]. The van der Waals surface area contributed by atoms with Gasteiger partial charge in [-0.1, -0.05) is 11.6 Å². The average molecular weight is 350 g/mol. The molecule has 0 radical (unpaired) electrons. The van der Waals surface area contributed by atoms with Crippen molar-refractivity contribution in [2.45, 2.75) is 24.8 Å². The van der Waals surface area contributed by atoms with Crippen LogP contribution in [0.25, 0.3) is 0 Å². The maximum Gasteiger partial charge on any atom is 0.289 e. The average Bonchev–Trinajstić information content (AvgIpc) is 2.36. The second-order valence-electron chi connectivity index (χ2n) is 4.85. The molecule has 0 saturated carbocycles. The van der Waals surface area contributed by atoms with Gasteiger partial charge in [-0.25, -0.2) is 8.42 Å². The van der Waals surface area contributed by atoms with E-state index in [-0.39, 0.29) is 11.1 Å². The lowest BCUT2D eigenvalue weighted by Crippen LogP contribution is -2.40. The standard InChI is InChI=1S/C12H16ClN3O5S/c1-8(2)14-12(17)7-15(3)22(20,21)11-6-9(13)4-5-10(11)16(18)19/h4-6,8H,7H2,1-3H3,(H,14,17). The Kier molecular flexibility index (Phi) is 5.86. The molecule has 1 rings (SSSR count). The van der Waals surface area contributed by atoms with Crippen LogP contribution in [0.4, 0.5) is 5.69 Å². The number of amides is 1. The van der Waals surface area contributed by atoms with Crippen LogP contribution in [-0.2, 0) is 14.8 Å². The zero-order valence-electron chi connectivity index (χ0n) is 12.2. The molecule has 8 nitrogen and oxygen atoms in total. The Morgan fingerprint density at radius 2 is 2.05 bits per heavy atom. The van der Waals surface area contributed by atoms with Crippen LogP contribution in [0.3, 0.4) is 0 Å². The van der Waals surface area contributed by atoms with Gasteiger partial charge in [0.05, 0.1) is 11.5 Å². The molecule has 0 aliphatic heterocycles. The molecule has 0 heterocycles. The van der Waals surface area contributed by atoms with Gasteiger partial charge in [-0.15, -0.1) is 0 Å². The monoisotopic (exact) mass is 349 g/mol. The number of benzene rings is 1. The first-order valence-corrected chi connectivity index (χ1v) is 8.07. The molecule has 0 aliphatic carbocycles. The summed E-state index contributed by atoms with van der Waals surface area (Å²) in [5.41, 5.74) is -0.597. The first kappa shape index (κ1) is 18.3. The second-order valence-corrected chi connectivity index (χ2v) is 7.30. The van der Waals surface area contributed by atoms with Crippen LogP contribution in [0.15, 0.2) is 23.1 Å². The molecule has 1 aromatic rings. The third kappa shape index (κ3) is 4.39. The van der Waals surface area contributed by atoms with Crippen molar-refractivity contribution in [1.29, 1.82) is 0 Å². The maximum absolute atomic E-state index is 12.4. The Labute approximate surface area is 133 Å². The molecule has 1 N–H and O–H groups in total. The lowest BCUT2D eigenvalue weighted by atomic mass is 10.3. The predicted octanol–water partition coefficient (Wildman–Crippen LogP) is 1.39. The Morgan fingerprint density at radius 1 is 1.45 bits per heavy atom. The summed E-state index contributed by atoms with van der Waals surface area (Å²) in [4.78, 5) is 21.3.